The van der Waals surface area contributed by atoms with E-state index in [1.54, 1.807) is 0 Å². The highest BCUT2D eigenvalue weighted by Crippen LogP contribution is 2.23. The SMILES string of the molecule is CC1CN(C2CS(=O)(=O)CC2O)CCC1=O. The Hall–Kier alpha value is -0.460. The molecule has 3 unspecified atom stereocenters. The van der Waals surface area contributed by atoms with E-state index in [2.05, 4.69) is 0 Å². The van der Waals surface area contributed by atoms with Crippen LogP contribution in [0, 0.1) is 5.92 Å². The first-order valence-electron chi connectivity index (χ1n) is 5.54. The molecular weight excluding hydrogens is 230 g/mol. The number of rotatable bonds is 1. The van der Waals surface area contributed by atoms with Crippen molar-refractivity contribution in [3.8, 4) is 0 Å². The first kappa shape index (κ1) is 12.0. The van der Waals surface area contributed by atoms with Crippen LogP contribution in [0.2, 0.25) is 0 Å². The summed E-state index contributed by atoms with van der Waals surface area (Å²) < 4.78 is 22.8. The third-order valence-corrected chi connectivity index (χ3v) is 5.16. The number of hydrogen-bond acceptors (Lipinski definition) is 5. The fourth-order valence-electron chi connectivity index (χ4n) is 2.51. The summed E-state index contributed by atoms with van der Waals surface area (Å²) in [4.78, 5) is 13.3. The van der Waals surface area contributed by atoms with Gasteiger partial charge in [-0.2, -0.15) is 0 Å². The topological polar surface area (TPSA) is 74.7 Å². The maximum Gasteiger partial charge on any atom is 0.154 e. The number of aliphatic hydroxyl groups is 1. The van der Waals surface area contributed by atoms with E-state index in [0.29, 0.717) is 19.5 Å². The molecule has 0 saturated carbocycles. The Morgan fingerprint density at radius 2 is 2.06 bits per heavy atom. The number of aliphatic hydroxyl groups excluding tert-OH is 1. The number of likely N-dealkylation sites (tertiary alicyclic amines) is 1. The lowest BCUT2D eigenvalue weighted by Gasteiger charge is -2.35. The smallest absolute Gasteiger partial charge is 0.154 e. The van der Waals surface area contributed by atoms with Gasteiger partial charge in [0.15, 0.2) is 9.84 Å². The van der Waals surface area contributed by atoms with Crippen molar-refractivity contribution in [1.82, 2.24) is 4.90 Å². The fourth-order valence-corrected chi connectivity index (χ4v) is 4.34. The molecule has 2 heterocycles. The summed E-state index contributed by atoms with van der Waals surface area (Å²) in [7, 11) is -3.10. The average molecular weight is 247 g/mol. The minimum atomic E-state index is -3.10. The molecule has 0 aliphatic carbocycles. The van der Waals surface area contributed by atoms with E-state index in [9.17, 15) is 18.3 Å². The minimum absolute atomic E-state index is 0.0229. The molecule has 16 heavy (non-hydrogen) atoms. The molecule has 2 aliphatic rings. The molecule has 0 bridgehead atoms. The van der Waals surface area contributed by atoms with Crippen LogP contribution in [-0.4, -0.2) is 60.9 Å². The molecule has 6 heteroatoms. The van der Waals surface area contributed by atoms with Crippen molar-refractivity contribution >= 4 is 15.6 Å². The standard InChI is InChI=1S/C10H17NO4S/c1-7-4-11(3-2-9(7)12)8-5-16(14,15)6-10(8)13/h7-8,10,13H,2-6H2,1H3. The second-order valence-electron chi connectivity index (χ2n) is 4.82. The van der Waals surface area contributed by atoms with Gasteiger partial charge < -0.3 is 5.11 Å². The predicted molar refractivity (Wildman–Crippen MR) is 58.8 cm³/mol. The third kappa shape index (κ3) is 2.28. The Morgan fingerprint density at radius 1 is 1.38 bits per heavy atom. The van der Waals surface area contributed by atoms with Crippen molar-refractivity contribution in [1.29, 1.82) is 0 Å². The molecule has 2 fully saturated rings. The minimum Gasteiger partial charge on any atom is -0.390 e. The lowest BCUT2D eigenvalue weighted by atomic mass is 9.96. The molecule has 5 nitrogen and oxygen atoms in total. The second-order valence-corrected chi connectivity index (χ2v) is 6.98. The first-order valence-corrected chi connectivity index (χ1v) is 7.36. The van der Waals surface area contributed by atoms with Crippen LogP contribution in [0.4, 0.5) is 0 Å². The molecule has 0 aromatic carbocycles. The maximum atomic E-state index is 11.4. The Balaban J connectivity index is 2.06. The Kier molecular flexibility index (Phi) is 3.07. The van der Waals surface area contributed by atoms with E-state index in [0.717, 1.165) is 0 Å². The van der Waals surface area contributed by atoms with Crippen LogP contribution in [0.3, 0.4) is 0 Å². The zero-order valence-electron chi connectivity index (χ0n) is 9.30. The third-order valence-electron chi connectivity index (χ3n) is 3.47. The lowest BCUT2D eigenvalue weighted by molar-refractivity contribution is -0.126. The monoisotopic (exact) mass is 247 g/mol. The van der Waals surface area contributed by atoms with Crippen molar-refractivity contribution in [2.45, 2.75) is 25.5 Å². The number of carbonyl (C=O) groups excluding carboxylic acids is 1. The normalized spacial score (nSPS) is 40.1. The van der Waals surface area contributed by atoms with Gasteiger partial charge >= 0.3 is 0 Å². The molecule has 2 rings (SSSR count). The van der Waals surface area contributed by atoms with E-state index in [-0.39, 0.29) is 29.2 Å². The van der Waals surface area contributed by atoms with Crippen LogP contribution in [-0.2, 0) is 14.6 Å². The molecule has 0 spiro atoms. The van der Waals surface area contributed by atoms with E-state index in [4.69, 9.17) is 0 Å². The van der Waals surface area contributed by atoms with Gasteiger partial charge in [0.25, 0.3) is 0 Å². The molecule has 0 radical (unpaired) electrons. The van der Waals surface area contributed by atoms with Gasteiger partial charge in [-0.3, -0.25) is 9.69 Å². The van der Waals surface area contributed by atoms with E-state index >= 15 is 0 Å². The molecule has 0 aromatic rings. The average Bonchev–Trinajstić information content (AvgIpc) is 2.45. The first-order chi connectivity index (χ1) is 7.39. The highest BCUT2D eigenvalue weighted by atomic mass is 32.2. The zero-order valence-corrected chi connectivity index (χ0v) is 10.1. The van der Waals surface area contributed by atoms with Gasteiger partial charge in [0.05, 0.1) is 23.7 Å². The van der Waals surface area contributed by atoms with E-state index in [1.807, 2.05) is 11.8 Å². The molecule has 3 atom stereocenters. The number of piperidine rings is 1. The van der Waals surface area contributed by atoms with Gasteiger partial charge in [0.1, 0.15) is 5.78 Å². The summed E-state index contributed by atoms with van der Waals surface area (Å²) in [5, 5.41) is 9.72. The molecular formula is C10H17NO4S. The largest absolute Gasteiger partial charge is 0.390 e. The molecule has 2 saturated heterocycles. The van der Waals surface area contributed by atoms with E-state index in [1.165, 1.54) is 0 Å². The zero-order chi connectivity index (χ0) is 11.9. The summed E-state index contributed by atoms with van der Waals surface area (Å²) in [6.07, 6.45) is -0.338. The second kappa shape index (κ2) is 4.09. The van der Waals surface area contributed by atoms with Gasteiger partial charge in [-0.15, -0.1) is 0 Å². The summed E-state index contributed by atoms with van der Waals surface area (Å²) >= 11 is 0. The summed E-state index contributed by atoms with van der Waals surface area (Å²) in [6.45, 7) is 2.99. The number of Topliss-reactive ketones (excluding diaryl/α,β-unsaturated/α-hetero) is 1. The van der Waals surface area contributed by atoms with Crippen molar-refractivity contribution in [3.63, 3.8) is 0 Å². The van der Waals surface area contributed by atoms with Gasteiger partial charge in [0.2, 0.25) is 0 Å². The summed E-state index contributed by atoms with van der Waals surface area (Å²) in [6, 6.07) is -0.319. The van der Waals surface area contributed by atoms with Crippen molar-refractivity contribution in [3.05, 3.63) is 0 Å². The Bertz CT molecular complexity index is 392. The van der Waals surface area contributed by atoms with Crippen LogP contribution >= 0.6 is 0 Å². The molecule has 2 aliphatic heterocycles. The van der Waals surface area contributed by atoms with Crippen LogP contribution < -0.4 is 0 Å². The number of sulfone groups is 1. The van der Waals surface area contributed by atoms with Crippen molar-refractivity contribution in [2.75, 3.05) is 24.6 Å². The van der Waals surface area contributed by atoms with Crippen molar-refractivity contribution < 1.29 is 18.3 Å². The highest BCUT2D eigenvalue weighted by Gasteiger charge is 2.41. The van der Waals surface area contributed by atoms with Crippen LogP contribution in [0.25, 0.3) is 0 Å². The van der Waals surface area contributed by atoms with Gasteiger partial charge in [-0.05, 0) is 0 Å². The number of nitrogens with zero attached hydrogens (tertiary/aromatic N) is 1. The maximum absolute atomic E-state index is 11.4. The Morgan fingerprint density at radius 3 is 2.56 bits per heavy atom. The number of hydrogen-bond donors (Lipinski definition) is 1. The quantitative estimate of drug-likeness (QED) is 0.647. The summed E-state index contributed by atoms with van der Waals surface area (Å²) in [5.74, 6) is 0.0572. The van der Waals surface area contributed by atoms with Crippen LogP contribution in [0.5, 0.6) is 0 Å². The lowest BCUT2D eigenvalue weighted by Crippen LogP contribution is -2.50. The Labute approximate surface area is 95.4 Å². The summed E-state index contributed by atoms with van der Waals surface area (Å²) in [5.41, 5.74) is 0. The van der Waals surface area contributed by atoms with Gasteiger partial charge in [-0.1, -0.05) is 6.92 Å². The van der Waals surface area contributed by atoms with Crippen LogP contribution in [0.15, 0.2) is 0 Å². The molecule has 0 amide bonds. The highest BCUT2D eigenvalue weighted by molar-refractivity contribution is 7.91. The van der Waals surface area contributed by atoms with Crippen LogP contribution in [0.1, 0.15) is 13.3 Å². The number of carbonyl (C=O) groups is 1. The number of ketones is 1. The van der Waals surface area contributed by atoms with Gasteiger partial charge in [0, 0.05) is 25.4 Å². The molecule has 92 valence electrons. The van der Waals surface area contributed by atoms with Gasteiger partial charge in [-0.25, -0.2) is 8.42 Å². The van der Waals surface area contributed by atoms with Crippen molar-refractivity contribution in [2.24, 2.45) is 5.92 Å². The van der Waals surface area contributed by atoms with E-state index < -0.39 is 15.9 Å². The molecule has 0 aromatic heterocycles. The predicted octanol–water partition coefficient (Wildman–Crippen LogP) is -0.945. The fraction of sp³-hybridized carbons (Fsp3) is 0.900. The molecule has 1 N–H and O–H groups in total.